The van der Waals surface area contributed by atoms with Crippen molar-refractivity contribution in [2.75, 3.05) is 42.6 Å². The van der Waals surface area contributed by atoms with Crippen LogP contribution in [0.25, 0.3) is 11.2 Å². The molecule has 3 saturated heterocycles. The summed E-state index contributed by atoms with van der Waals surface area (Å²) in [7, 11) is 0. The van der Waals surface area contributed by atoms with E-state index in [1.165, 1.54) is 5.56 Å². The van der Waals surface area contributed by atoms with Crippen LogP contribution < -0.4 is 15.5 Å². The van der Waals surface area contributed by atoms with Gasteiger partial charge in [0, 0.05) is 48.9 Å². The molecule has 0 radical (unpaired) electrons. The van der Waals surface area contributed by atoms with Gasteiger partial charge in [-0.3, -0.25) is 5.10 Å². The first-order valence-electron chi connectivity index (χ1n) is 13.9. The van der Waals surface area contributed by atoms with Crippen molar-refractivity contribution < 1.29 is 9.47 Å². The number of H-pyrrole nitrogens is 1. The van der Waals surface area contributed by atoms with Gasteiger partial charge in [-0.25, -0.2) is 9.97 Å². The molecule has 1 aromatic carbocycles. The normalized spacial score (nSPS) is 26.7. The maximum atomic E-state index is 9.82. The van der Waals surface area contributed by atoms with Crippen LogP contribution in [0, 0.1) is 16.7 Å². The summed E-state index contributed by atoms with van der Waals surface area (Å²) in [5.41, 5.74) is 12.1. The molecule has 0 amide bonds. The SMILES string of the molecule is C[C@@H]1OCC2(CCN(c3cnc4c(N5CCCc6c5ccc(C#N)c6[C@H]5CCCO5)n[nH]c4n3)CC2)[C@@H]1N. The second kappa shape index (κ2) is 9.19. The topological polar surface area (TPSA) is 129 Å². The molecule has 10 nitrogen and oxygen atoms in total. The lowest BCUT2D eigenvalue weighted by Crippen LogP contribution is -2.50. The average Bonchev–Trinajstić information content (AvgIpc) is 3.70. The summed E-state index contributed by atoms with van der Waals surface area (Å²) in [6.45, 7) is 6.19. The van der Waals surface area contributed by atoms with E-state index in [1.807, 2.05) is 12.3 Å². The monoisotopic (exact) mass is 514 g/mol. The minimum Gasteiger partial charge on any atom is -0.376 e. The van der Waals surface area contributed by atoms with Crippen LogP contribution in [0.5, 0.6) is 0 Å². The first-order chi connectivity index (χ1) is 18.6. The molecule has 0 aliphatic carbocycles. The molecule has 0 unspecified atom stereocenters. The number of ether oxygens (including phenoxy) is 2. The predicted octanol–water partition coefficient (Wildman–Crippen LogP) is 3.49. The maximum absolute atomic E-state index is 9.82. The summed E-state index contributed by atoms with van der Waals surface area (Å²) < 4.78 is 11.9. The van der Waals surface area contributed by atoms with Crippen molar-refractivity contribution >= 4 is 28.5 Å². The predicted molar refractivity (Wildman–Crippen MR) is 143 cm³/mol. The van der Waals surface area contributed by atoms with Gasteiger partial charge in [-0.1, -0.05) is 0 Å². The number of hydrogen-bond donors (Lipinski definition) is 2. The zero-order valence-electron chi connectivity index (χ0n) is 21.8. The van der Waals surface area contributed by atoms with Gasteiger partial charge < -0.3 is 25.0 Å². The molecule has 3 aromatic rings. The van der Waals surface area contributed by atoms with E-state index in [1.54, 1.807) is 0 Å². The molecule has 4 aliphatic heterocycles. The van der Waals surface area contributed by atoms with E-state index in [0.717, 1.165) is 105 Å². The molecule has 0 bridgehead atoms. The quantitative estimate of drug-likeness (QED) is 0.539. The number of piperidine rings is 1. The molecule has 38 heavy (non-hydrogen) atoms. The van der Waals surface area contributed by atoms with Gasteiger partial charge in [-0.05, 0) is 63.1 Å². The molecule has 7 rings (SSSR count). The fourth-order valence-electron chi connectivity index (χ4n) is 6.97. The van der Waals surface area contributed by atoms with Crippen LogP contribution in [-0.2, 0) is 15.9 Å². The standard InChI is InChI=1S/C28H34N8O2/c1-17-25(30)28(16-38-17)8-11-35(12-9-28)22-15-31-24-26(32-22)33-34-27(24)36-10-2-4-19-20(36)7-6-18(14-29)23(19)21-5-3-13-37-21/h6-7,15,17,21,25H,2-5,8-13,16,30H2,1H3,(H,32,33,34)/t17-,21+,25+/m0/s1. The Labute approximate surface area is 222 Å². The third kappa shape index (κ3) is 3.67. The molecular formula is C28H34N8O2. The molecule has 3 N–H and O–H groups in total. The van der Waals surface area contributed by atoms with Gasteiger partial charge in [0.05, 0.1) is 36.6 Å². The number of hydrogen-bond acceptors (Lipinski definition) is 9. The van der Waals surface area contributed by atoms with Crippen molar-refractivity contribution in [3.63, 3.8) is 0 Å². The Morgan fingerprint density at radius 2 is 2.05 bits per heavy atom. The Morgan fingerprint density at radius 3 is 2.79 bits per heavy atom. The van der Waals surface area contributed by atoms with Gasteiger partial charge in [0.15, 0.2) is 17.0 Å². The second-order valence-corrected chi connectivity index (χ2v) is 11.3. The molecule has 10 heteroatoms. The molecule has 3 fully saturated rings. The van der Waals surface area contributed by atoms with E-state index < -0.39 is 0 Å². The Kier molecular flexibility index (Phi) is 5.76. The molecular weight excluding hydrogens is 480 g/mol. The van der Waals surface area contributed by atoms with Crippen LogP contribution in [0.4, 0.5) is 17.3 Å². The number of fused-ring (bicyclic) bond motifs is 2. The van der Waals surface area contributed by atoms with Crippen LogP contribution in [0.3, 0.4) is 0 Å². The zero-order chi connectivity index (χ0) is 25.9. The molecule has 3 atom stereocenters. The van der Waals surface area contributed by atoms with Crippen molar-refractivity contribution in [1.29, 1.82) is 5.26 Å². The highest BCUT2D eigenvalue weighted by molar-refractivity contribution is 5.88. The van der Waals surface area contributed by atoms with Crippen molar-refractivity contribution in [2.24, 2.45) is 11.1 Å². The molecule has 2 aromatic heterocycles. The smallest absolute Gasteiger partial charge is 0.183 e. The van der Waals surface area contributed by atoms with Gasteiger partial charge in [-0.15, -0.1) is 0 Å². The Bertz CT molecular complexity index is 1400. The summed E-state index contributed by atoms with van der Waals surface area (Å²) in [5.74, 6) is 1.64. The van der Waals surface area contributed by atoms with E-state index in [4.69, 9.17) is 25.2 Å². The summed E-state index contributed by atoms with van der Waals surface area (Å²) in [6.07, 6.45) is 7.87. The number of nitrogens with zero attached hydrogens (tertiary/aromatic N) is 6. The molecule has 1 spiro atoms. The minimum atomic E-state index is -0.00457. The van der Waals surface area contributed by atoms with Gasteiger partial charge in [-0.2, -0.15) is 10.4 Å². The number of benzene rings is 1. The molecule has 198 valence electrons. The van der Waals surface area contributed by atoms with Crippen LogP contribution >= 0.6 is 0 Å². The summed E-state index contributed by atoms with van der Waals surface area (Å²) >= 11 is 0. The largest absolute Gasteiger partial charge is 0.376 e. The molecule has 4 aliphatic rings. The third-order valence-electron chi connectivity index (χ3n) is 9.23. The summed E-state index contributed by atoms with van der Waals surface area (Å²) in [4.78, 5) is 14.3. The highest BCUT2D eigenvalue weighted by Crippen LogP contribution is 2.44. The van der Waals surface area contributed by atoms with Gasteiger partial charge >= 0.3 is 0 Å². The second-order valence-electron chi connectivity index (χ2n) is 11.3. The molecule has 6 heterocycles. The van der Waals surface area contributed by atoms with Crippen molar-refractivity contribution in [3.8, 4) is 6.07 Å². The van der Waals surface area contributed by atoms with E-state index in [-0.39, 0.29) is 23.7 Å². The Hall–Kier alpha value is -3.26. The Balaban J connectivity index is 1.17. The molecule has 0 saturated carbocycles. The van der Waals surface area contributed by atoms with Gasteiger partial charge in [0.1, 0.15) is 5.82 Å². The fraction of sp³-hybridized carbons (Fsp3) is 0.571. The van der Waals surface area contributed by atoms with Crippen LogP contribution in [0.2, 0.25) is 0 Å². The van der Waals surface area contributed by atoms with E-state index in [9.17, 15) is 5.26 Å². The number of nitrogens with one attached hydrogen (secondary N) is 1. The number of aromatic nitrogens is 4. The number of nitrogens with two attached hydrogens (primary N) is 1. The number of aromatic amines is 1. The Morgan fingerprint density at radius 1 is 1.18 bits per heavy atom. The highest BCUT2D eigenvalue weighted by Gasteiger charge is 2.47. The maximum Gasteiger partial charge on any atom is 0.183 e. The lowest BCUT2D eigenvalue weighted by molar-refractivity contribution is 0.0974. The van der Waals surface area contributed by atoms with E-state index >= 15 is 0 Å². The van der Waals surface area contributed by atoms with Crippen LogP contribution in [-0.4, -0.2) is 65.2 Å². The van der Waals surface area contributed by atoms with Gasteiger partial charge in [0.2, 0.25) is 0 Å². The number of anilines is 3. The van der Waals surface area contributed by atoms with Crippen molar-refractivity contribution in [3.05, 3.63) is 35.0 Å². The third-order valence-corrected chi connectivity index (χ3v) is 9.23. The lowest BCUT2D eigenvalue weighted by atomic mass is 9.73. The number of rotatable bonds is 3. The van der Waals surface area contributed by atoms with Crippen LogP contribution in [0.1, 0.15) is 61.8 Å². The van der Waals surface area contributed by atoms with E-state index in [0.29, 0.717) is 5.65 Å². The fourth-order valence-corrected chi connectivity index (χ4v) is 6.97. The van der Waals surface area contributed by atoms with Crippen molar-refractivity contribution in [1.82, 2.24) is 20.2 Å². The number of nitriles is 1. The lowest BCUT2D eigenvalue weighted by Gasteiger charge is -2.41. The first-order valence-corrected chi connectivity index (χ1v) is 13.9. The van der Waals surface area contributed by atoms with Gasteiger partial charge in [0.25, 0.3) is 0 Å². The van der Waals surface area contributed by atoms with Crippen molar-refractivity contribution in [2.45, 2.75) is 63.7 Å². The highest BCUT2D eigenvalue weighted by atomic mass is 16.5. The zero-order valence-corrected chi connectivity index (χ0v) is 21.8. The summed E-state index contributed by atoms with van der Waals surface area (Å²) in [6, 6.07) is 6.47. The van der Waals surface area contributed by atoms with E-state index in [2.05, 4.69) is 39.1 Å². The first kappa shape index (κ1) is 23.8. The van der Waals surface area contributed by atoms with Crippen LogP contribution in [0.15, 0.2) is 18.3 Å². The average molecular weight is 515 g/mol. The minimum absolute atomic E-state index is 0.00457. The summed E-state index contributed by atoms with van der Waals surface area (Å²) in [5, 5.41) is 17.6.